The first kappa shape index (κ1) is 11.2. The van der Waals surface area contributed by atoms with E-state index in [0.29, 0.717) is 5.41 Å². The highest BCUT2D eigenvalue weighted by molar-refractivity contribution is 7.09. The first-order valence-corrected chi connectivity index (χ1v) is 6.79. The zero-order valence-electron chi connectivity index (χ0n) is 9.75. The van der Waals surface area contributed by atoms with Gasteiger partial charge in [0.1, 0.15) is 0 Å². The highest BCUT2D eigenvalue weighted by atomic mass is 32.1. The van der Waals surface area contributed by atoms with Crippen molar-refractivity contribution in [1.29, 1.82) is 0 Å². The molecule has 1 aliphatic carbocycles. The molecule has 2 heteroatoms. The second-order valence-corrected chi connectivity index (χ2v) is 6.45. The molecule has 1 N–H and O–H groups in total. The summed E-state index contributed by atoms with van der Waals surface area (Å²) in [6.45, 7) is 5.84. The number of hydrogen-bond donors (Lipinski definition) is 1. The predicted molar refractivity (Wildman–Crippen MR) is 67.2 cm³/mol. The molecule has 0 saturated heterocycles. The minimum absolute atomic E-state index is 0.547. The Bertz CT molecular complexity index is 289. The van der Waals surface area contributed by atoms with Crippen LogP contribution in [-0.4, -0.2) is 6.04 Å². The highest BCUT2D eigenvalue weighted by Gasteiger charge is 2.27. The zero-order valence-corrected chi connectivity index (χ0v) is 10.6. The quantitative estimate of drug-likeness (QED) is 0.821. The van der Waals surface area contributed by atoms with Gasteiger partial charge in [0.05, 0.1) is 0 Å². The SMILES string of the molecule is CC1(C)CCC[C@@H](NCc2cccs2)C1. The molecule has 1 heterocycles. The van der Waals surface area contributed by atoms with Gasteiger partial charge in [-0.2, -0.15) is 0 Å². The molecule has 1 aromatic rings. The van der Waals surface area contributed by atoms with Gasteiger partial charge >= 0.3 is 0 Å². The van der Waals surface area contributed by atoms with Gasteiger partial charge in [-0.1, -0.05) is 26.3 Å². The highest BCUT2D eigenvalue weighted by Crippen LogP contribution is 2.35. The molecule has 0 amide bonds. The van der Waals surface area contributed by atoms with Gasteiger partial charge in [0.2, 0.25) is 0 Å². The fourth-order valence-electron chi connectivity index (χ4n) is 2.53. The van der Waals surface area contributed by atoms with E-state index in [1.807, 2.05) is 11.3 Å². The standard InChI is InChI=1S/C13H21NS/c1-13(2)7-3-5-11(9-13)14-10-12-6-4-8-15-12/h4,6,8,11,14H,3,5,7,9-10H2,1-2H3/t11-/m1/s1. The zero-order chi connectivity index (χ0) is 10.7. The van der Waals surface area contributed by atoms with Crippen molar-refractivity contribution in [3.05, 3.63) is 22.4 Å². The van der Waals surface area contributed by atoms with Crippen molar-refractivity contribution in [2.75, 3.05) is 0 Å². The van der Waals surface area contributed by atoms with Crippen molar-refractivity contribution in [3.8, 4) is 0 Å². The summed E-state index contributed by atoms with van der Waals surface area (Å²) >= 11 is 1.85. The summed E-state index contributed by atoms with van der Waals surface area (Å²) < 4.78 is 0. The van der Waals surface area contributed by atoms with Crippen molar-refractivity contribution in [3.63, 3.8) is 0 Å². The Morgan fingerprint density at radius 3 is 3.07 bits per heavy atom. The van der Waals surface area contributed by atoms with Gasteiger partial charge in [-0.15, -0.1) is 11.3 Å². The maximum absolute atomic E-state index is 3.69. The van der Waals surface area contributed by atoms with Crippen molar-refractivity contribution in [2.24, 2.45) is 5.41 Å². The molecule has 1 aliphatic rings. The second-order valence-electron chi connectivity index (χ2n) is 5.42. The summed E-state index contributed by atoms with van der Waals surface area (Å²) in [7, 11) is 0. The van der Waals surface area contributed by atoms with E-state index in [9.17, 15) is 0 Å². The molecule has 84 valence electrons. The number of rotatable bonds is 3. The van der Waals surface area contributed by atoms with E-state index in [1.165, 1.54) is 30.6 Å². The second kappa shape index (κ2) is 4.67. The van der Waals surface area contributed by atoms with E-state index >= 15 is 0 Å². The molecule has 1 atom stereocenters. The Hall–Kier alpha value is -0.340. The first-order chi connectivity index (χ1) is 7.16. The number of hydrogen-bond acceptors (Lipinski definition) is 2. The molecule has 0 aromatic carbocycles. The molecular weight excluding hydrogens is 202 g/mol. The van der Waals surface area contributed by atoms with Crippen LogP contribution in [0, 0.1) is 5.41 Å². The van der Waals surface area contributed by atoms with Gasteiger partial charge in [-0.3, -0.25) is 0 Å². The third-order valence-corrected chi connectivity index (χ3v) is 4.23. The van der Waals surface area contributed by atoms with Crippen LogP contribution in [0.4, 0.5) is 0 Å². The molecule has 1 fully saturated rings. The van der Waals surface area contributed by atoms with E-state index < -0.39 is 0 Å². The minimum atomic E-state index is 0.547. The molecule has 0 aliphatic heterocycles. The van der Waals surface area contributed by atoms with Crippen molar-refractivity contribution in [2.45, 2.75) is 52.1 Å². The Labute approximate surface area is 96.9 Å². The Balaban J connectivity index is 1.80. The lowest BCUT2D eigenvalue weighted by Gasteiger charge is -2.35. The average molecular weight is 223 g/mol. The van der Waals surface area contributed by atoms with Crippen LogP contribution in [0.25, 0.3) is 0 Å². The molecular formula is C13H21NS. The summed E-state index contributed by atoms with van der Waals surface area (Å²) in [5.41, 5.74) is 0.547. The average Bonchev–Trinajstić information content (AvgIpc) is 2.65. The Morgan fingerprint density at radius 1 is 1.53 bits per heavy atom. The lowest BCUT2D eigenvalue weighted by molar-refractivity contribution is 0.198. The maximum Gasteiger partial charge on any atom is 0.0302 e. The van der Waals surface area contributed by atoms with E-state index in [1.54, 1.807) is 0 Å². The molecule has 2 rings (SSSR count). The maximum atomic E-state index is 3.69. The largest absolute Gasteiger partial charge is 0.309 e. The van der Waals surface area contributed by atoms with Crippen LogP contribution < -0.4 is 5.32 Å². The van der Waals surface area contributed by atoms with Gasteiger partial charge in [0, 0.05) is 17.5 Å². The molecule has 0 spiro atoms. The van der Waals surface area contributed by atoms with Crippen molar-refractivity contribution in [1.82, 2.24) is 5.32 Å². The van der Waals surface area contributed by atoms with Gasteiger partial charge < -0.3 is 5.32 Å². The van der Waals surface area contributed by atoms with E-state index in [2.05, 4.69) is 36.7 Å². The molecule has 15 heavy (non-hydrogen) atoms. The topological polar surface area (TPSA) is 12.0 Å². The molecule has 0 unspecified atom stereocenters. The van der Waals surface area contributed by atoms with Crippen molar-refractivity contribution >= 4 is 11.3 Å². The van der Waals surface area contributed by atoms with Gasteiger partial charge in [0.25, 0.3) is 0 Å². The van der Waals surface area contributed by atoms with Crippen LogP contribution in [0.15, 0.2) is 17.5 Å². The fraction of sp³-hybridized carbons (Fsp3) is 0.692. The summed E-state index contributed by atoms with van der Waals surface area (Å²) in [6, 6.07) is 5.08. The Morgan fingerprint density at radius 2 is 2.40 bits per heavy atom. The first-order valence-electron chi connectivity index (χ1n) is 5.91. The third kappa shape index (κ3) is 3.32. The summed E-state index contributed by atoms with van der Waals surface area (Å²) in [5.74, 6) is 0. The summed E-state index contributed by atoms with van der Waals surface area (Å²) in [5, 5.41) is 5.84. The molecule has 1 aromatic heterocycles. The van der Waals surface area contributed by atoms with Crippen LogP contribution in [0.1, 0.15) is 44.4 Å². The smallest absolute Gasteiger partial charge is 0.0302 e. The number of thiophene rings is 1. The van der Waals surface area contributed by atoms with Gasteiger partial charge in [-0.05, 0) is 36.1 Å². The van der Waals surface area contributed by atoms with Gasteiger partial charge in [-0.25, -0.2) is 0 Å². The summed E-state index contributed by atoms with van der Waals surface area (Å²) in [6.07, 6.45) is 5.46. The van der Waals surface area contributed by atoms with Crippen LogP contribution >= 0.6 is 11.3 Å². The molecule has 0 bridgehead atoms. The van der Waals surface area contributed by atoms with Crippen LogP contribution in [0.5, 0.6) is 0 Å². The Kier molecular flexibility index (Phi) is 3.47. The van der Waals surface area contributed by atoms with E-state index in [4.69, 9.17) is 0 Å². The fourth-order valence-corrected chi connectivity index (χ4v) is 3.19. The van der Waals surface area contributed by atoms with Crippen LogP contribution in [-0.2, 0) is 6.54 Å². The lowest BCUT2D eigenvalue weighted by Crippen LogP contribution is -2.36. The summed E-state index contributed by atoms with van der Waals surface area (Å²) in [4.78, 5) is 1.46. The third-order valence-electron chi connectivity index (χ3n) is 3.35. The number of nitrogens with one attached hydrogen (secondary N) is 1. The van der Waals surface area contributed by atoms with E-state index in [0.717, 1.165) is 12.6 Å². The van der Waals surface area contributed by atoms with E-state index in [-0.39, 0.29) is 0 Å². The minimum Gasteiger partial charge on any atom is -0.309 e. The van der Waals surface area contributed by atoms with Crippen LogP contribution in [0.2, 0.25) is 0 Å². The molecule has 1 saturated carbocycles. The lowest BCUT2D eigenvalue weighted by atomic mass is 9.75. The molecule has 1 nitrogen and oxygen atoms in total. The van der Waals surface area contributed by atoms with Crippen LogP contribution in [0.3, 0.4) is 0 Å². The monoisotopic (exact) mass is 223 g/mol. The predicted octanol–water partition coefficient (Wildman–Crippen LogP) is 3.81. The normalized spacial score (nSPS) is 25.3. The van der Waals surface area contributed by atoms with Gasteiger partial charge in [0.15, 0.2) is 0 Å². The van der Waals surface area contributed by atoms with Crippen molar-refractivity contribution < 1.29 is 0 Å². The molecule has 0 radical (unpaired) electrons.